The van der Waals surface area contributed by atoms with Gasteiger partial charge in [-0.15, -0.1) is 11.3 Å². The molecule has 1 saturated heterocycles. The summed E-state index contributed by atoms with van der Waals surface area (Å²) in [7, 11) is 0. The molecule has 21 heavy (non-hydrogen) atoms. The van der Waals surface area contributed by atoms with Crippen LogP contribution in [0.15, 0.2) is 29.6 Å². The summed E-state index contributed by atoms with van der Waals surface area (Å²) in [6.07, 6.45) is 3.87. The minimum absolute atomic E-state index is 0.377. The number of fused-ring (bicyclic) bond motifs is 1. The summed E-state index contributed by atoms with van der Waals surface area (Å²) >= 11 is 1.84. The van der Waals surface area contributed by atoms with Gasteiger partial charge >= 0.3 is 0 Å². The number of nitrogens with zero attached hydrogens (tertiary/aromatic N) is 1. The van der Waals surface area contributed by atoms with E-state index in [1.54, 1.807) is 0 Å². The monoisotopic (exact) mass is 302 g/mol. The molecule has 1 aliphatic heterocycles. The second kappa shape index (κ2) is 6.07. The molecule has 1 unspecified atom stereocenters. The number of piperidine rings is 1. The molecule has 2 heterocycles. The molecule has 1 aliphatic rings. The highest BCUT2D eigenvalue weighted by atomic mass is 32.1. The van der Waals surface area contributed by atoms with Crippen molar-refractivity contribution in [3.63, 3.8) is 0 Å². The highest BCUT2D eigenvalue weighted by Crippen LogP contribution is 2.39. The Labute approximate surface area is 131 Å². The maximum absolute atomic E-state index is 6.15. The van der Waals surface area contributed by atoms with Crippen LogP contribution in [-0.4, -0.2) is 24.5 Å². The van der Waals surface area contributed by atoms with E-state index in [2.05, 4.69) is 48.4 Å². The normalized spacial score (nSPS) is 20.7. The van der Waals surface area contributed by atoms with Crippen molar-refractivity contribution >= 4 is 21.4 Å². The summed E-state index contributed by atoms with van der Waals surface area (Å²) in [6, 6.07) is 9.08. The Kier molecular flexibility index (Phi) is 4.34. The van der Waals surface area contributed by atoms with E-state index in [9.17, 15) is 0 Å². The Morgan fingerprint density at radius 3 is 2.67 bits per heavy atom. The molecule has 0 radical (unpaired) electrons. The Morgan fingerprint density at radius 1 is 1.29 bits per heavy atom. The number of benzene rings is 1. The molecule has 1 atom stereocenters. The van der Waals surface area contributed by atoms with Crippen LogP contribution in [0, 0.1) is 5.41 Å². The van der Waals surface area contributed by atoms with Crippen molar-refractivity contribution in [2.45, 2.75) is 39.2 Å². The van der Waals surface area contributed by atoms with E-state index in [0.29, 0.717) is 18.0 Å². The first-order valence-corrected chi connectivity index (χ1v) is 8.95. The molecule has 0 bridgehead atoms. The number of thiophene rings is 1. The third-order valence-corrected chi connectivity index (χ3v) is 6.37. The summed E-state index contributed by atoms with van der Waals surface area (Å²) in [6.45, 7) is 7.82. The molecule has 2 N–H and O–H groups in total. The molecule has 1 fully saturated rings. The van der Waals surface area contributed by atoms with E-state index < -0.39 is 0 Å². The average molecular weight is 302 g/mol. The Bertz CT molecular complexity index is 596. The van der Waals surface area contributed by atoms with Crippen LogP contribution in [0.4, 0.5) is 0 Å². The smallest absolute Gasteiger partial charge is 0.0484 e. The van der Waals surface area contributed by atoms with Gasteiger partial charge in [0.25, 0.3) is 0 Å². The van der Waals surface area contributed by atoms with Crippen LogP contribution in [0.3, 0.4) is 0 Å². The second-order valence-electron chi connectivity index (χ2n) is 6.64. The molecule has 2 nitrogen and oxygen atoms in total. The minimum atomic E-state index is 0.377. The van der Waals surface area contributed by atoms with Crippen LogP contribution in [-0.2, 0) is 0 Å². The number of hydrogen-bond donors (Lipinski definition) is 1. The van der Waals surface area contributed by atoms with Gasteiger partial charge in [-0.25, -0.2) is 0 Å². The predicted molar refractivity (Wildman–Crippen MR) is 92.8 cm³/mol. The van der Waals surface area contributed by atoms with Gasteiger partial charge in [0.15, 0.2) is 0 Å². The van der Waals surface area contributed by atoms with Crippen LogP contribution in [0.25, 0.3) is 10.1 Å². The second-order valence-corrected chi connectivity index (χ2v) is 7.55. The molecule has 114 valence electrons. The highest BCUT2D eigenvalue weighted by Gasteiger charge is 2.32. The van der Waals surface area contributed by atoms with E-state index in [4.69, 9.17) is 5.73 Å². The van der Waals surface area contributed by atoms with Gasteiger partial charge in [-0.1, -0.05) is 38.5 Å². The van der Waals surface area contributed by atoms with Crippen molar-refractivity contribution in [3.05, 3.63) is 35.2 Å². The van der Waals surface area contributed by atoms with Crippen molar-refractivity contribution in [3.8, 4) is 0 Å². The molecule has 2 aromatic rings. The van der Waals surface area contributed by atoms with Gasteiger partial charge in [-0.05, 0) is 53.7 Å². The topological polar surface area (TPSA) is 29.3 Å². The van der Waals surface area contributed by atoms with Crippen LogP contribution < -0.4 is 5.73 Å². The van der Waals surface area contributed by atoms with E-state index in [-0.39, 0.29) is 0 Å². The lowest BCUT2D eigenvalue weighted by Crippen LogP contribution is -2.42. The van der Waals surface area contributed by atoms with Crippen molar-refractivity contribution in [1.82, 2.24) is 4.90 Å². The highest BCUT2D eigenvalue weighted by molar-refractivity contribution is 7.17. The van der Waals surface area contributed by atoms with Crippen molar-refractivity contribution in [1.29, 1.82) is 0 Å². The van der Waals surface area contributed by atoms with Gasteiger partial charge in [0.05, 0.1) is 0 Å². The van der Waals surface area contributed by atoms with E-state index in [1.807, 2.05) is 11.3 Å². The predicted octanol–water partition coefficient (Wildman–Crippen LogP) is 4.41. The summed E-state index contributed by atoms with van der Waals surface area (Å²) in [5, 5.41) is 3.71. The fraction of sp³-hybridized carbons (Fsp3) is 0.556. The number of nitrogens with two attached hydrogens (primary N) is 1. The van der Waals surface area contributed by atoms with Gasteiger partial charge in [-0.3, -0.25) is 4.90 Å². The van der Waals surface area contributed by atoms with E-state index in [0.717, 1.165) is 0 Å². The lowest BCUT2D eigenvalue weighted by Gasteiger charge is -2.42. The largest absolute Gasteiger partial charge is 0.329 e. The standard InChI is InChI=1S/C18H26N2S/c1-3-18(2)8-10-20(11-9-18)16(12-19)15-13-21-17-7-5-4-6-14(15)17/h4-7,13,16H,3,8-12,19H2,1-2H3. The quantitative estimate of drug-likeness (QED) is 0.906. The summed E-state index contributed by atoms with van der Waals surface area (Å²) in [4.78, 5) is 2.60. The zero-order valence-corrected chi connectivity index (χ0v) is 14.0. The molecular formula is C18H26N2S. The Hall–Kier alpha value is -0.900. The average Bonchev–Trinajstić information content (AvgIpc) is 2.94. The molecular weight excluding hydrogens is 276 g/mol. The first kappa shape index (κ1) is 15.0. The Balaban J connectivity index is 1.83. The van der Waals surface area contributed by atoms with Crippen molar-refractivity contribution in [2.75, 3.05) is 19.6 Å². The minimum Gasteiger partial charge on any atom is -0.329 e. The van der Waals surface area contributed by atoms with Gasteiger partial charge < -0.3 is 5.73 Å². The van der Waals surface area contributed by atoms with E-state index >= 15 is 0 Å². The molecule has 0 aliphatic carbocycles. The fourth-order valence-corrected chi connectivity index (χ4v) is 4.47. The van der Waals surface area contributed by atoms with E-state index in [1.165, 1.54) is 48.0 Å². The number of likely N-dealkylation sites (tertiary alicyclic amines) is 1. The molecule has 0 saturated carbocycles. The maximum atomic E-state index is 6.15. The fourth-order valence-electron chi connectivity index (χ4n) is 3.46. The third-order valence-electron chi connectivity index (χ3n) is 5.39. The van der Waals surface area contributed by atoms with Gasteiger partial charge in [0.2, 0.25) is 0 Å². The van der Waals surface area contributed by atoms with Crippen LogP contribution >= 0.6 is 11.3 Å². The third kappa shape index (κ3) is 2.87. The molecule has 0 amide bonds. The zero-order valence-electron chi connectivity index (χ0n) is 13.1. The zero-order chi connectivity index (χ0) is 14.9. The maximum Gasteiger partial charge on any atom is 0.0484 e. The molecule has 0 spiro atoms. The van der Waals surface area contributed by atoms with Gasteiger partial charge in [-0.2, -0.15) is 0 Å². The molecule has 1 aromatic carbocycles. The molecule has 3 rings (SSSR count). The van der Waals surface area contributed by atoms with Crippen LogP contribution in [0.5, 0.6) is 0 Å². The summed E-state index contributed by atoms with van der Waals surface area (Å²) in [5.74, 6) is 0. The summed E-state index contributed by atoms with van der Waals surface area (Å²) in [5.41, 5.74) is 8.11. The van der Waals surface area contributed by atoms with Gasteiger partial charge in [0.1, 0.15) is 0 Å². The van der Waals surface area contributed by atoms with Crippen LogP contribution in [0.2, 0.25) is 0 Å². The SMILES string of the molecule is CCC1(C)CCN(C(CN)c2csc3ccccc23)CC1. The van der Waals surface area contributed by atoms with Crippen molar-refractivity contribution in [2.24, 2.45) is 11.1 Å². The number of rotatable bonds is 4. The summed E-state index contributed by atoms with van der Waals surface area (Å²) < 4.78 is 1.38. The lowest BCUT2D eigenvalue weighted by molar-refractivity contribution is 0.0835. The van der Waals surface area contributed by atoms with Crippen LogP contribution in [0.1, 0.15) is 44.7 Å². The van der Waals surface area contributed by atoms with Gasteiger partial charge in [0, 0.05) is 17.3 Å². The first-order valence-electron chi connectivity index (χ1n) is 8.07. The number of hydrogen-bond acceptors (Lipinski definition) is 3. The molecule has 3 heteroatoms. The molecule has 1 aromatic heterocycles. The Morgan fingerprint density at radius 2 is 2.00 bits per heavy atom. The van der Waals surface area contributed by atoms with Crippen molar-refractivity contribution < 1.29 is 0 Å². The lowest BCUT2D eigenvalue weighted by atomic mass is 9.78. The first-order chi connectivity index (χ1) is 10.2.